The third kappa shape index (κ3) is 3.51. The molecular formula is C16H23N5O3S. The smallest absolute Gasteiger partial charge is 0.323 e. The first-order chi connectivity index (χ1) is 11.8. The van der Waals surface area contributed by atoms with Crippen LogP contribution in [-0.2, 0) is 9.59 Å². The fourth-order valence-electron chi connectivity index (χ4n) is 3.23. The van der Waals surface area contributed by atoms with Crippen molar-refractivity contribution in [3.8, 4) is 0 Å². The molecule has 25 heavy (non-hydrogen) atoms. The quantitative estimate of drug-likeness (QED) is 0.795. The first kappa shape index (κ1) is 17.8. The van der Waals surface area contributed by atoms with Crippen molar-refractivity contribution in [1.29, 1.82) is 0 Å². The number of carbonyl (C=O) groups is 3. The third-order valence-electron chi connectivity index (χ3n) is 4.86. The van der Waals surface area contributed by atoms with Gasteiger partial charge in [0.25, 0.3) is 5.91 Å². The van der Waals surface area contributed by atoms with Crippen molar-refractivity contribution in [3.63, 3.8) is 0 Å². The monoisotopic (exact) mass is 365 g/mol. The summed E-state index contributed by atoms with van der Waals surface area (Å²) in [6, 6.07) is -0.491. The second kappa shape index (κ2) is 6.70. The zero-order valence-electron chi connectivity index (χ0n) is 14.7. The summed E-state index contributed by atoms with van der Waals surface area (Å²) in [5.74, 6) is 0.0405. The van der Waals surface area contributed by atoms with Crippen LogP contribution < -0.4 is 10.6 Å². The Morgan fingerprint density at radius 1 is 1.36 bits per heavy atom. The summed E-state index contributed by atoms with van der Waals surface area (Å²) in [4.78, 5) is 38.2. The van der Waals surface area contributed by atoms with Crippen molar-refractivity contribution in [2.45, 2.75) is 57.9 Å². The fourth-order valence-corrected chi connectivity index (χ4v) is 4.00. The van der Waals surface area contributed by atoms with Gasteiger partial charge in [0, 0.05) is 5.92 Å². The number of rotatable bonds is 4. The standard InChI is InChI=1S/C16H23N5O3S/c1-9(2)12-19-20-14(25-12)17-11(22)8-21-13(23)16(18-15(21)24)6-4-10(3)5-7-16/h9-10H,4-8H2,1-3H3,(H,18,24)(H,17,20,22). The van der Waals surface area contributed by atoms with Crippen LogP contribution in [0.25, 0.3) is 0 Å². The van der Waals surface area contributed by atoms with Crippen LogP contribution in [0, 0.1) is 5.92 Å². The molecule has 2 aliphatic rings. The maximum absolute atomic E-state index is 12.7. The SMILES string of the molecule is CC1CCC2(CC1)NC(=O)N(CC(=O)Nc1nnc(C(C)C)s1)C2=O. The summed E-state index contributed by atoms with van der Waals surface area (Å²) in [5.41, 5.74) is -0.822. The van der Waals surface area contributed by atoms with E-state index in [0.29, 0.717) is 23.9 Å². The van der Waals surface area contributed by atoms with Crippen molar-refractivity contribution in [2.24, 2.45) is 5.92 Å². The van der Waals surface area contributed by atoms with Crippen molar-refractivity contribution in [3.05, 3.63) is 5.01 Å². The lowest BCUT2D eigenvalue weighted by Crippen LogP contribution is -2.49. The maximum atomic E-state index is 12.7. The zero-order valence-corrected chi connectivity index (χ0v) is 15.5. The van der Waals surface area contributed by atoms with Crippen molar-refractivity contribution >= 4 is 34.3 Å². The minimum Gasteiger partial charge on any atom is -0.323 e. The predicted molar refractivity (Wildman–Crippen MR) is 93.2 cm³/mol. The van der Waals surface area contributed by atoms with Crippen LogP contribution in [0.5, 0.6) is 0 Å². The van der Waals surface area contributed by atoms with Gasteiger partial charge in [0.1, 0.15) is 17.1 Å². The molecule has 2 heterocycles. The van der Waals surface area contributed by atoms with Crippen LogP contribution in [0.2, 0.25) is 0 Å². The topological polar surface area (TPSA) is 104 Å². The minimum atomic E-state index is -0.822. The van der Waals surface area contributed by atoms with Crippen molar-refractivity contribution in [1.82, 2.24) is 20.4 Å². The number of nitrogens with one attached hydrogen (secondary N) is 2. The Labute approximate surface area is 150 Å². The Morgan fingerprint density at radius 2 is 2.04 bits per heavy atom. The summed E-state index contributed by atoms with van der Waals surface area (Å²) in [7, 11) is 0. The Morgan fingerprint density at radius 3 is 2.64 bits per heavy atom. The van der Waals surface area contributed by atoms with E-state index in [0.717, 1.165) is 22.7 Å². The Bertz CT molecular complexity index is 694. The Kier molecular flexibility index (Phi) is 4.77. The lowest BCUT2D eigenvalue weighted by atomic mass is 9.77. The molecular weight excluding hydrogens is 342 g/mol. The molecule has 0 unspecified atom stereocenters. The van der Waals surface area contributed by atoms with E-state index in [9.17, 15) is 14.4 Å². The highest BCUT2D eigenvalue weighted by Crippen LogP contribution is 2.36. The summed E-state index contributed by atoms with van der Waals surface area (Å²) in [6.07, 6.45) is 3.06. The number of carbonyl (C=O) groups excluding carboxylic acids is 3. The Hall–Kier alpha value is -2.03. The van der Waals surface area contributed by atoms with E-state index in [-0.39, 0.29) is 18.4 Å². The normalized spacial score (nSPS) is 26.4. The van der Waals surface area contributed by atoms with Crippen LogP contribution in [-0.4, -0.2) is 45.0 Å². The molecule has 1 aromatic rings. The second-order valence-corrected chi connectivity index (χ2v) is 8.24. The highest BCUT2D eigenvalue weighted by molar-refractivity contribution is 7.15. The molecule has 0 atom stereocenters. The molecule has 136 valence electrons. The number of urea groups is 1. The average molecular weight is 365 g/mol. The van der Waals surface area contributed by atoms with Gasteiger partial charge >= 0.3 is 6.03 Å². The van der Waals surface area contributed by atoms with Crippen LogP contribution in [0.1, 0.15) is 57.4 Å². The predicted octanol–water partition coefficient (Wildman–Crippen LogP) is 2.10. The largest absolute Gasteiger partial charge is 0.325 e. The average Bonchev–Trinajstić information content (AvgIpc) is 3.10. The highest BCUT2D eigenvalue weighted by atomic mass is 32.1. The summed E-state index contributed by atoms with van der Waals surface area (Å²) in [5, 5.41) is 14.5. The van der Waals surface area contributed by atoms with Gasteiger partial charge in [-0.3, -0.25) is 19.8 Å². The first-order valence-corrected chi connectivity index (χ1v) is 9.40. The fraction of sp³-hybridized carbons (Fsp3) is 0.688. The number of hydrogen-bond donors (Lipinski definition) is 2. The van der Waals surface area contributed by atoms with Gasteiger partial charge in [0.05, 0.1) is 0 Å². The molecule has 1 spiro atoms. The van der Waals surface area contributed by atoms with E-state index in [2.05, 4.69) is 27.8 Å². The van der Waals surface area contributed by atoms with Gasteiger partial charge in [0.2, 0.25) is 11.0 Å². The molecule has 4 amide bonds. The summed E-state index contributed by atoms with van der Waals surface area (Å²) >= 11 is 1.29. The lowest BCUT2D eigenvalue weighted by molar-refractivity contribution is -0.135. The molecule has 1 aromatic heterocycles. The number of hydrogen-bond acceptors (Lipinski definition) is 6. The number of anilines is 1. The number of amides is 4. The summed E-state index contributed by atoms with van der Waals surface area (Å²) < 4.78 is 0. The molecule has 1 saturated carbocycles. The molecule has 9 heteroatoms. The van der Waals surface area contributed by atoms with Crippen molar-refractivity contribution in [2.75, 3.05) is 11.9 Å². The number of imide groups is 1. The van der Waals surface area contributed by atoms with E-state index in [1.807, 2.05) is 13.8 Å². The minimum absolute atomic E-state index is 0.225. The molecule has 1 aliphatic carbocycles. The van der Waals surface area contributed by atoms with Crippen LogP contribution in [0.3, 0.4) is 0 Å². The third-order valence-corrected chi connectivity index (χ3v) is 6.00. The molecule has 3 rings (SSSR count). The van der Waals surface area contributed by atoms with E-state index < -0.39 is 17.5 Å². The van der Waals surface area contributed by atoms with E-state index in [4.69, 9.17) is 0 Å². The maximum Gasteiger partial charge on any atom is 0.325 e. The van der Waals surface area contributed by atoms with Gasteiger partial charge in [0.15, 0.2) is 0 Å². The number of nitrogens with zero attached hydrogens (tertiary/aromatic N) is 3. The molecule has 1 saturated heterocycles. The molecule has 0 bridgehead atoms. The van der Waals surface area contributed by atoms with Crippen molar-refractivity contribution < 1.29 is 14.4 Å². The highest BCUT2D eigenvalue weighted by Gasteiger charge is 2.52. The van der Waals surface area contributed by atoms with Gasteiger partial charge in [-0.05, 0) is 31.6 Å². The van der Waals surface area contributed by atoms with Gasteiger partial charge in [-0.2, -0.15) is 0 Å². The summed E-state index contributed by atoms with van der Waals surface area (Å²) in [6.45, 7) is 5.82. The lowest BCUT2D eigenvalue weighted by Gasteiger charge is -2.33. The van der Waals surface area contributed by atoms with Gasteiger partial charge in [-0.25, -0.2) is 4.79 Å². The molecule has 0 radical (unpaired) electrons. The van der Waals surface area contributed by atoms with E-state index in [1.54, 1.807) is 0 Å². The molecule has 0 aromatic carbocycles. The zero-order chi connectivity index (χ0) is 18.2. The second-order valence-electron chi connectivity index (χ2n) is 7.23. The van der Waals surface area contributed by atoms with E-state index >= 15 is 0 Å². The van der Waals surface area contributed by atoms with E-state index in [1.165, 1.54) is 11.3 Å². The molecule has 2 fully saturated rings. The van der Waals surface area contributed by atoms with Gasteiger partial charge in [-0.1, -0.05) is 32.1 Å². The van der Waals surface area contributed by atoms with Gasteiger partial charge in [-0.15, -0.1) is 10.2 Å². The van der Waals surface area contributed by atoms with Crippen LogP contribution in [0.15, 0.2) is 0 Å². The molecule has 1 aliphatic heterocycles. The molecule has 2 N–H and O–H groups in total. The Balaban J connectivity index is 1.63. The first-order valence-electron chi connectivity index (χ1n) is 8.58. The number of aromatic nitrogens is 2. The van der Waals surface area contributed by atoms with Gasteiger partial charge < -0.3 is 5.32 Å². The van der Waals surface area contributed by atoms with Crippen LogP contribution >= 0.6 is 11.3 Å². The molecule has 8 nitrogen and oxygen atoms in total. The van der Waals surface area contributed by atoms with Crippen LogP contribution in [0.4, 0.5) is 9.93 Å².